The van der Waals surface area contributed by atoms with Gasteiger partial charge in [0.05, 0.1) is 11.5 Å². The molecule has 2 N–H and O–H groups in total. The van der Waals surface area contributed by atoms with Crippen molar-refractivity contribution < 1.29 is 19.2 Å². The number of ether oxygens (including phenoxy) is 1. The van der Waals surface area contributed by atoms with Gasteiger partial charge in [0, 0.05) is 30.9 Å². The number of nitro benzene ring substituents is 1. The summed E-state index contributed by atoms with van der Waals surface area (Å²) in [6, 6.07) is 3.48. The molecule has 1 heterocycles. The molecule has 9 nitrogen and oxygen atoms in total. The first-order chi connectivity index (χ1) is 11.9. The minimum Gasteiger partial charge on any atom is -0.450 e. The van der Waals surface area contributed by atoms with Crippen LogP contribution in [-0.2, 0) is 4.74 Å². The van der Waals surface area contributed by atoms with Gasteiger partial charge in [0.1, 0.15) is 5.02 Å². The Balaban J connectivity index is 1.84. The van der Waals surface area contributed by atoms with E-state index in [-0.39, 0.29) is 28.5 Å². The highest BCUT2D eigenvalue weighted by Crippen LogP contribution is 2.27. The molecule has 3 amide bonds. The summed E-state index contributed by atoms with van der Waals surface area (Å²) in [5.41, 5.74) is -0.000212. The van der Waals surface area contributed by atoms with Crippen molar-refractivity contribution in [2.45, 2.75) is 25.8 Å². The molecule has 1 aromatic rings. The number of carbonyl (C=O) groups excluding carboxylic acids is 2. The van der Waals surface area contributed by atoms with Crippen LogP contribution in [0, 0.1) is 10.1 Å². The molecule has 1 aromatic carbocycles. The average Bonchev–Trinajstić information content (AvgIpc) is 2.57. The van der Waals surface area contributed by atoms with Crippen molar-refractivity contribution in [3.8, 4) is 0 Å². The quantitative estimate of drug-likeness (QED) is 0.624. The van der Waals surface area contributed by atoms with Crippen LogP contribution in [0.15, 0.2) is 18.2 Å². The van der Waals surface area contributed by atoms with Gasteiger partial charge in [-0.25, -0.2) is 9.59 Å². The molecule has 0 spiro atoms. The Morgan fingerprint density at radius 3 is 2.68 bits per heavy atom. The maximum absolute atomic E-state index is 12.0. The van der Waals surface area contributed by atoms with Crippen molar-refractivity contribution in [1.82, 2.24) is 10.2 Å². The van der Waals surface area contributed by atoms with Gasteiger partial charge in [0.2, 0.25) is 0 Å². The Bertz CT molecular complexity index is 661. The van der Waals surface area contributed by atoms with E-state index < -0.39 is 11.0 Å². The number of anilines is 1. The average molecular weight is 371 g/mol. The number of hydrogen-bond acceptors (Lipinski definition) is 5. The summed E-state index contributed by atoms with van der Waals surface area (Å²) in [5.74, 6) is 0. The van der Waals surface area contributed by atoms with Gasteiger partial charge in [-0.05, 0) is 31.9 Å². The van der Waals surface area contributed by atoms with Crippen molar-refractivity contribution in [1.29, 1.82) is 0 Å². The SMILES string of the molecule is CCOC(=O)N1CCC(NC(=O)Nc2ccc(Cl)c([N+](=O)[O-])c2)CC1. The first-order valence-corrected chi connectivity index (χ1v) is 8.21. The van der Waals surface area contributed by atoms with Crippen LogP contribution >= 0.6 is 11.6 Å². The van der Waals surface area contributed by atoms with Gasteiger partial charge in [-0.1, -0.05) is 11.6 Å². The molecule has 2 rings (SSSR count). The van der Waals surface area contributed by atoms with Gasteiger partial charge in [-0.3, -0.25) is 10.1 Å². The van der Waals surface area contributed by atoms with Crippen LogP contribution in [-0.4, -0.2) is 47.7 Å². The van der Waals surface area contributed by atoms with Gasteiger partial charge in [-0.15, -0.1) is 0 Å². The Hall–Kier alpha value is -2.55. The summed E-state index contributed by atoms with van der Waals surface area (Å²) >= 11 is 5.73. The van der Waals surface area contributed by atoms with E-state index in [1.807, 2.05) is 0 Å². The van der Waals surface area contributed by atoms with Crippen LogP contribution < -0.4 is 10.6 Å². The Kier molecular flexibility index (Phi) is 6.40. The molecule has 1 aliphatic heterocycles. The fraction of sp³-hybridized carbons (Fsp3) is 0.467. The first kappa shape index (κ1) is 18.8. The molecule has 0 atom stereocenters. The second kappa shape index (κ2) is 8.52. The van der Waals surface area contributed by atoms with E-state index in [0.29, 0.717) is 32.5 Å². The lowest BCUT2D eigenvalue weighted by Crippen LogP contribution is -2.47. The number of hydrogen-bond donors (Lipinski definition) is 2. The molecule has 0 unspecified atom stereocenters. The number of urea groups is 1. The van der Waals surface area contributed by atoms with Crippen molar-refractivity contribution in [3.63, 3.8) is 0 Å². The van der Waals surface area contributed by atoms with Crippen LogP contribution in [0.3, 0.4) is 0 Å². The van der Waals surface area contributed by atoms with Gasteiger partial charge in [-0.2, -0.15) is 0 Å². The van der Waals surface area contributed by atoms with E-state index in [9.17, 15) is 19.7 Å². The Morgan fingerprint density at radius 2 is 2.08 bits per heavy atom. The van der Waals surface area contributed by atoms with Crippen molar-refractivity contribution in [2.24, 2.45) is 0 Å². The van der Waals surface area contributed by atoms with E-state index in [2.05, 4.69) is 10.6 Å². The number of nitro groups is 1. The summed E-state index contributed by atoms with van der Waals surface area (Å²) in [6.07, 6.45) is 0.860. The highest BCUT2D eigenvalue weighted by Gasteiger charge is 2.24. The molecular formula is C15H19ClN4O5. The molecule has 0 aromatic heterocycles. The number of amides is 3. The zero-order valence-electron chi connectivity index (χ0n) is 13.7. The van der Waals surface area contributed by atoms with Crippen LogP contribution in [0.2, 0.25) is 5.02 Å². The van der Waals surface area contributed by atoms with Crippen LogP contribution in [0.4, 0.5) is 21.0 Å². The summed E-state index contributed by atoms with van der Waals surface area (Å²) < 4.78 is 4.94. The number of rotatable bonds is 4. The number of piperidine rings is 1. The van der Waals surface area contributed by atoms with E-state index in [1.54, 1.807) is 11.8 Å². The molecule has 10 heteroatoms. The van der Waals surface area contributed by atoms with E-state index in [0.717, 1.165) is 0 Å². The zero-order valence-corrected chi connectivity index (χ0v) is 14.4. The highest BCUT2D eigenvalue weighted by molar-refractivity contribution is 6.32. The number of nitrogens with one attached hydrogen (secondary N) is 2. The third-order valence-electron chi connectivity index (χ3n) is 3.76. The van der Waals surface area contributed by atoms with Crippen LogP contribution in [0.1, 0.15) is 19.8 Å². The maximum atomic E-state index is 12.0. The van der Waals surface area contributed by atoms with E-state index >= 15 is 0 Å². The fourth-order valence-electron chi connectivity index (χ4n) is 2.50. The third kappa shape index (κ3) is 5.21. The molecule has 1 saturated heterocycles. The molecular weight excluding hydrogens is 352 g/mol. The topological polar surface area (TPSA) is 114 Å². The molecule has 0 radical (unpaired) electrons. The third-order valence-corrected chi connectivity index (χ3v) is 4.08. The molecule has 0 aliphatic carbocycles. The second-order valence-corrected chi connectivity index (χ2v) is 5.89. The minimum atomic E-state index is -0.615. The van der Waals surface area contributed by atoms with Crippen molar-refractivity contribution >= 4 is 35.1 Å². The predicted octanol–water partition coefficient (Wildman–Crippen LogP) is 2.99. The Labute approximate surface area is 149 Å². The van der Waals surface area contributed by atoms with Gasteiger partial charge in [0.15, 0.2) is 0 Å². The van der Waals surface area contributed by atoms with E-state index in [4.69, 9.17) is 16.3 Å². The summed E-state index contributed by atoms with van der Waals surface area (Å²) in [4.78, 5) is 35.5. The highest BCUT2D eigenvalue weighted by atomic mass is 35.5. The molecule has 0 bridgehead atoms. The summed E-state index contributed by atoms with van der Waals surface area (Å²) in [6.45, 7) is 3.07. The molecule has 1 aliphatic rings. The lowest BCUT2D eigenvalue weighted by Gasteiger charge is -2.31. The lowest BCUT2D eigenvalue weighted by atomic mass is 10.1. The maximum Gasteiger partial charge on any atom is 0.409 e. The van der Waals surface area contributed by atoms with Crippen molar-refractivity contribution in [2.75, 3.05) is 25.0 Å². The number of halogens is 1. The smallest absolute Gasteiger partial charge is 0.409 e. The summed E-state index contributed by atoms with van der Waals surface area (Å²) in [5, 5.41) is 16.2. The number of likely N-dealkylation sites (tertiary alicyclic amines) is 1. The van der Waals surface area contributed by atoms with Gasteiger partial charge >= 0.3 is 12.1 Å². The Morgan fingerprint density at radius 1 is 1.40 bits per heavy atom. The molecule has 136 valence electrons. The zero-order chi connectivity index (χ0) is 18.4. The number of benzene rings is 1. The van der Waals surface area contributed by atoms with Crippen molar-refractivity contribution in [3.05, 3.63) is 33.3 Å². The standard InChI is InChI=1S/C15H19ClN4O5/c1-2-25-15(22)19-7-5-10(6-8-19)17-14(21)18-11-3-4-12(16)13(9-11)20(23)24/h3-4,9-10H,2,5-8H2,1H3,(H2,17,18,21). The monoisotopic (exact) mass is 370 g/mol. The molecule has 0 saturated carbocycles. The minimum absolute atomic E-state index is 0.00213. The first-order valence-electron chi connectivity index (χ1n) is 7.84. The van der Waals surface area contributed by atoms with Crippen LogP contribution in [0.5, 0.6) is 0 Å². The summed E-state index contributed by atoms with van der Waals surface area (Å²) in [7, 11) is 0. The number of nitrogens with zero attached hydrogens (tertiary/aromatic N) is 2. The number of carbonyl (C=O) groups is 2. The largest absolute Gasteiger partial charge is 0.450 e. The normalized spacial score (nSPS) is 14.7. The van der Waals surface area contributed by atoms with Gasteiger partial charge in [0.25, 0.3) is 5.69 Å². The predicted molar refractivity (Wildman–Crippen MR) is 91.9 cm³/mol. The van der Waals surface area contributed by atoms with Gasteiger partial charge < -0.3 is 20.3 Å². The van der Waals surface area contributed by atoms with E-state index in [1.165, 1.54) is 18.2 Å². The fourth-order valence-corrected chi connectivity index (χ4v) is 2.69. The molecule has 1 fully saturated rings. The lowest BCUT2D eigenvalue weighted by molar-refractivity contribution is -0.384. The van der Waals surface area contributed by atoms with Crippen LogP contribution in [0.25, 0.3) is 0 Å². The molecule has 25 heavy (non-hydrogen) atoms. The second-order valence-electron chi connectivity index (χ2n) is 5.48.